The highest BCUT2D eigenvalue weighted by Crippen LogP contribution is 2.25. The number of rotatable bonds is 3. The van der Waals surface area contributed by atoms with Gasteiger partial charge in [0.1, 0.15) is 6.04 Å². The number of carbonyl (C=O) groups is 1. The van der Waals surface area contributed by atoms with E-state index in [4.69, 9.17) is 0 Å². The predicted octanol–water partition coefficient (Wildman–Crippen LogP) is 2.19. The number of piperidine rings is 1. The van der Waals surface area contributed by atoms with E-state index in [1.54, 1.807) is 0 Å². The summed E-state index contributed by atoms with van der Waals surface area (Å²) < 4.78 is 0. The minimum absolute atomic E-state index is 0.238. The zero-order chi connectivity index (χ0) is 13.8. The van der Waals surface area contributed by atoms with E-state index in [2.05, 4.69) is 23.6 Å². The molecule has 0 saturated carbocycles. The van der Waals surface area contributed by atoms with Gasteiger partial charge in [0.2, 0.25) is 0 Å². The number of likely N-dealkylation sites (tertiary alicyclic amines) is 2. The SMILES string of the molecule is CC(C)N1CCC(N2CCCCCC2C(=O)O)CC1. The van der Waals surface area contributed by atoms with E-state index in [0.717, 1.165) is 51.7 Å². The molecule has 1 atom stereocenters. The third kappa shape index (κ3) is 3.69. The molecule has 0 amide bonds. The lowest BCUT2D eigenvalue weighted by atomic mass is 9.99. The highest BCUT2D eigenvalue weighted by atomic mass is 16.4. The summed E-state index contributed by atoms with van der Waals surface area (Å²) >= 11 is 0. The third-order valence-corrected chi connectivity index (χ3v) is 4.78. The molecule has 1 N–H and O–H groups in total. The summed E-state index contributed by atoms with van der Waals surface area (Å²) in [6, 6.07) is 0.854. The van der Waals surface area contributed by atoms with Crippen molar-refractivity contribution in [3.63, 3.8) is 0 Å². The Morgan fingerprint density at radius 2 is 1.74 bits per heavy atom. The molecule has 110 valence electrons. The Morgan fingerprint density at radius 3 is 2.32 bits per heavy atom. The van der Waals surface area contributed by atoms with Crippen LogP contribution in [-0.4, -0.2) is 58.6 Å². The average molecular weight is 268 g/mol. The fourth-order valence-corrected chi connectivity index (χ4v) is 3.57. The summed E-state index contributed by atoms with van der Waals surface area (Å²) in [6.07, 6.45) is 6.50. The first-order valence-corrected chi connectivity index (χ1v) is 7.82. The van der Waals surface area contributed by atoms with Gasteiger partial charge in [-0.1, -0.05) is 12.8 Å². The Balaban J connectivity index is 1.97. The number of carboxylic acid groups (broad SMARTS) is 1. The lowest BCUT2D eigenvalue weighted by Crippen LogP contribution is -2.52. The van der Waals surface area contributed by atoms with Gasteiger partial charge in [-0.15, -0.1) is 0 Å². The fraction of sp³-hybridized carbons (Fsp3) is 0.933. The van der Waals surface area contributed by atoms with Crippen molar-refractivity contribution in [2.24, 2.45) is 0 Å². The zero-order valence-electron chi connectivity index (χ0n) is 12.3. The quantitative estimate of drug-likeness (QED) is 0.852. The maximum Gasteiger partial charge on any atom is 0.320 e. The monoisotopic (exact) mass is 268 g/mol. The first kappa shape index (κ1) is 14.8. The topological polar surface area (TPSA) is 43.8 Å². The van der Waals surface area contributed by atoms with E-state index in [1.807, 2.05) is 0 Å². The number of nitrogens with zero attached hydrogens (tertiary/aromatic N) is 2. The van der Waals surface area contributed by atoms with E-state index in [0.29, 0.717) is 12.1 Å². The summed E-state index contributed by atoms with van der Waals surface area (Å²) in [7, 11) is 0. The Labute approximate surface area is 116 Å². The smallest absolute Gasteiger partial charge is 0.320 e. The Kier molecular flexibility index (Phi) is 5.22. The molecule has 0 aromatic carbocycles. The maximum absolute atomic E-state index is 11.5. The summed E-state index contributed by atoms with van der Waals surface area (Å²) in [6.45, 7) is 7.69. The Bertz CT molecular complexity index is 299. The van der Waals surface area contributed by atoms with Crippen LogP contribution in [0, 0.1) is 0 Å². The van der Waals surface area contributed by atoms with Gasteiger partial charge in [0.25, 0.3) is 0 Å². The first-order valence-electron chi connectivity index (χ1n) is 7.82. The van der Waals surface area contributed by atoms with Crippen LogP contribution in [0.4, 0.5) is 0 Å². The highest BCUT2D eigenvalue weighted by molar-refractivity contribution is 5.73. The molecule has 1 unspecified atom stereocenters. The van der Waals surface area contributed by atoms with Gasteiger partial charge in [0.15, 0.2) is 0 Å². The molecule has 0 aromatic rings. The van der Waals surface area contributed by atoms with Crippen LogP contribution in [0.3, 0.4) is 0 Å². The van der Waals surface area contributed by atoms with Crippen LogP contribution < -0.4 is 0 Å². The molecule has 2 rings (SSSR count). The van der Waals surface area contributed by atoms with Gasteiger partial charge in [0, 0.05) is 12.1 Å². The van der Waals surface area contributed by atoms with Crippen molar-refractivity contribution < 1.29 is 9.90 Å². The van der Waals surface area contributed by atoms with Crippen LogP contribution in [0.1, 0.15) is 52.4 Å². The largest absolute Gasteiger partial charge is 0.480 e. The molecule has 0 aliphatic carbocycles. The molecule has 0 aromatic heterocycles. The second-order valence-electron chi connectivity index (χ2n) is 6.30. The van der Waals surface area contributed by atoms with Crippen molar-refractivity contribution in [1.29, 1.82) is 0 Å². The van der Waals surface area contributed by atoms with Gasteiger partial charge in [-0.2, -0.15) is 0 Å². The summed E-state index contributed by atoms with van der Waals surface area (Å²) in [4.78, 5) is 16.3. The molecule has 2 heterocycles. The van der Waals surface area contributed by atoms with Crippen LogP contribution >= 0.6 is 0 Å². The van der Waals surface area contributed by atoms with Gasteiger partial charge in [-0.25, -0.2) is 0 Å². The van der Waals surface area contributed by atoms with Crippen LogP contribution in [0.5, 0.6) is 0 Å². The number of hydrogen-bond donors (Lipinski definition) is 1. The van der Waals surface area contributed by atoms with Crippen molar-refractivity contribution in [3.05, 3.63) is 0 Å². The number of aliphatic carboxylic acids is 1. The maximum atomic E-state index is 11.5. The van der Waals surface area contributed by atoms with Crippen molar-refractivity contribution in [1.82, 2.24) is 9.80 Å². The predicted molar refractivity (Wildman–Crippen MR) is 76.3 cm³/mol. The molecule has 2 fully saturated rings. The minimum Gasteiger partial charge on any atom is -0.480 e. The van der Waals surface area contributed by atoms with Crippen molar-refractivity contribution >= 4 is 5.97 Å². The van der Waals surface area contributed by atoms with Gasteiger partial charge in [-0.05, 0) is 59.2 Å². The average Bonchev–Trinajstić information content (AvgIpc) is 2.64. The van der Waals surface area contributed by atoms with E-state index in [9.17, 15) is 9.90 Å². The molecule has 0 spiro atoms. The molecule has 2 aliphatic heterocycles. The van der Waals surface area contributed by atoms with Gasteiger partial charge < -0.3 is 10.0 Å². The van der Waals surface area contributed by atoms with Crippen LogP contribution in [0.25, 0.3) is 0 Å². The molecular weight excluding hydrogens is 240 g/mol. The second kappa shape index (κ2) is 6.71. The van der Waals surface area contributed by atoms with Crippen LogP contribution in [0.15, 0.2) is 0 Å². The number of hydrogen-bond acceptors (Lipinski definition) is 3. The van der Waals surface area contributed by atoms with Crippen molar-refractivity contribution in [2.75, 3.05) is 19.6 Å². The summed E-state index contributed by atoms with van der Waals surface area (Å²) in [5, 5.41) is 9.45. The standard InChI is InChI=1S/C15H28N2O2/c1-12(2)16-10-7-13(8-11-16)17-9-5-3-4-6-14(17)15(18)19/h12-14H,3-11H2,1-2H3,(H,18,19). The first-order chi connectivity index (χ1) is 9.09. The fourth-order valence-electron chi connectivity index (χ4n) is 3.57. The molecule has 2 aliphatic rings. The van der Waals surface area contributed by atoms with E-state index < -0.39 is 5.97 Å². The molecule has 0 bridgehead atoms. The molecule has 4 nitrogen and oxygen atoms in total. The molecule has 4 heteroatoms. The van der Waals surface area contributed by atoms with E-state index in [-0.39, 0.29) is 6.04 Å². The molecular formula is C15H28N2O2. The van der Waals surface area contributed by atoms with Crippen LogP contribution in [0.2, 0.25) is 0 Å². The third-order valence-electron chi connectivity index (χ3n) is 4.78. The van der Waals surface area contributed by atoms with Crippen molar-refractivity contribution in [2.45, 2.75) is 70.5 Å². The molecule has 0 radical (unpaired) electrons. The molecule has 19 heavy (non-hydrogen) atoms. The normalized spacial score (nSPS) is 28.5. The molecule has 2 saturated heterocycles. The lowest BCUT2D eigenvalue weighted by molar-refractivity contribution is -0.145. The lowest BCUT2D eigenvalue weighted by Gasteiger charge is -2.41. The minimum atomic E-state index is -0.617. The highest BCUT2D eigenvalue weighted by Gasteiger charge is 2.34. The van der Waals surface area contributed by atoms with Crippen LogP contribution in [-0.2, 0) is 4.79 Å². The summed E-state index contributed by atoms with van der Waals surface area (Å²) in [5.74, 6) is -0.617. The van der Waals surface area contributed by atoms with Crippen molar-refractivity contribution in [3.8, 4) is 0 Å². The van der Waals surface area contributed by atoms with E-state index >= 15 is 0 Å². The van der Waals surface area contributed by atoms with Gasteiger partial charge >= 0.3 is 5.97 Å². The summed E-state index contributed by atoms with van der Waals surface area (Å²) in [5.41, 5.74) is 0. The Morgan fingerprint density at radius 1 is 1.05 bits per heavy atom. The van der Waals surface area contributed by atoms with Gasteiger partial charge in [0.05, 0.1) is 0 Å². The van der Waals surface area contributed by atoms with E-state index in [1.165, 1.54) is 6.42 Å². The van der Waals surface area contributed by atoms with Gasteiger partial charge in [-0.3, -0.25) is 9.69 Å². The number of carboxylic acids is 1. The second-order valence-corrected chi connectivity index (χ2v) is 6.30. The Hall–Kier alpha value is -0.610. The zero-order valence-corrected chi connectivity index (χ0v) is 12.3.